The molecule has 0 atom stereocenters. The minimum Gasteiger partial charge on any atom is -0.478 e. The van der Waals surface area contributed by atoms with Gasteiger partial charge in [-0.1, -0.05) is 0 Å². The second-order valence-electron chi connectivity index (χ2n) is 4.89. The highest BCUT2D eigenvalue weighted by molar-refractivity contribution is 7.89. The third-order valence-electron chi connectivity index (χ3n) is 3.36. The van der Waals surface area contributed by atoms with Gasteiger partial charge >= 0.3 is 5.97 Å². The van der Waals surface area contributed by atoms with E-state index in [2.05, 4.69) is 14.9 Å². The van der Waals surface area contributed by atoms with Gasteiger partial charge in [0.2, 0.25) is 10.0 Å². The lowest BCUT2D eigenvalue weighted by Crippen LogP contribution is -2.26. The summed E-state index contributed by atoms with van der Waals surface area (Å²) >= 11 is 0. The van der Waals surface area contributed by atoms with Crippen LogP contribution in [0, 0.1) is 13.8 Å². The van der Waals surface area contributed by atoms with E-state index in [-0.39, 0.29) is 17.0 Å². The highest BCUT2D eigenvalue weighted by atomic mass is 32.2. The Hall–Kier alpha value is -2.19. The van der Waals surface area contributed by atoms with Crippen molar-refractivity contribution >= 4 is 16.0 Å². The lowest BCUT2D eigenvalue weighted by Gasteiger charge is -2.07. The molecule has 0 saturated heterocycles. The maximum Gasteiger partial charge on any atom is 0.335 e. The van der Waals surface area contributed by atoms with E-state index in [1.165, 1.54) is 24.3 Å². The summed E-state index contributed by atoms with van der Waals surface area (Å²) in [6.45, 7) is 3.98. The highest BCUT2D eigenvalue weighted by Gasteiger charge is 2.15. The summed E-state index contributed by atoms with van der Waals surface area (Å²) in [4.78, 5) is 10.8. The van der Waals surface area contributed by atoms with Crippen LogP contribution in [-0.4, -0.2) is 36.2 Å². The van der Waals surface area contributed by atoms with E-state index in [1.807, 2.05) is 13.8 Å². The number of aromatic nitrogens is 2. The molecule has 0 aliphatic heterocycles. The van der Waals surface area contributed by atoms with Crippen molar-refractivity contribution < 1.29 is 18.3 Å². The molecule has 0 aliphatic carbocycles. The number of H-pyrrole nitrogens is 1. The average Bonchev–Trinajstić information content (AvgIpc) is 2.79. The van der Waals surface area contributed by atoms with Crippen LogP contribution in [0.15, 0.2) is 29.2 Å². The number of hydrogen-bond acceptors (Lipinski definition) is 4. The Kier molecular flexibility index (Phi) is 4.62. The molecule has 2 rings (SSSR count). The van der Waals surface area contributed by atoms with Crippen LogP contribution in [0.25, 0.3) is 0 Å². The first-order valence-electron chi connectivity index (χ1n) is 6.65. The van der Waals surface area contributed by atoms with Crippen LogP contribution >= 0.6 is 0 Å². The number of carboxylic acids is 1. The molecule has 0 fully saturated rings. The van der Waals surface area contributed by atoms with Gasteiger partial charge in [0.25, 0.3) is 0 Å². The molecule has 0 spiro atoms. The zero-order valence-corrected chi connectivity index (χ0v) is 13.1. The second kappa shape index (κ2) is 6.29. The van der Waals surface area contributed by atoms with Crippen LogP contribution in [0.3, 0.4) is 0 Å². The SMILES string of the molecule is Cc1n[nH]c(C)c1CCNS(=O)(=O)c1ccc(C(=O)O)cc1. The average molecular weight is 323 g/mol. The molecular weight excluding hydrogens is 306 g/mol. The molecule has 0 aliphatic rings. The maximum atomic E-state index is 12.1. The van der Waals surface area contributed by atoms with Crippen LogP contribution in [0.2, 0.25) is 0 Å². The van der Waals surface area contributed by atoms with Gasteiger partial charge in [0, 0.05) is 12.2 Å². The predicted molar refractivity (Wildman–Crippen MR) is 80.4 cm³/mol. The van der Waals surface area contributed by atoms with Gasteiger partial charge < -0.3 is 5.11 Å². The lowest BCUT2D eigenvalue weighted by atomic mass is 10.1. The number of carboxylic acid groups (broad SMARTS) is 1. The van der Waals surface area contributed by atoms with Crippen molar-refractivity contribution in [1.29, 1.82) is 0 Å². The van der Waals surface area contributed by atoms with Crippen molar-refractivity contribution in [2.24, 2.45) is 0 Å². The van der Waals surface area contributed by atoms with E-state index >= 15 is 0 Å². The van der Waals surface area contributed by atoms with Gasteiger partial charge in [-0.2, -0.15) is 5.10 Å². The molecular formula is C14H17N3O4S. The van der Waals surface area contributed by atoms with E-state index in [4.69, 9.17) is 5.11 Å². The third-order valence-corrected chi connectivity index (χ3v) is 4.84. The van der Waals surface area contributed by atoms with Gasteiger partial charge in [-0.15, -0.1) is 0 Å². The number of rotatable bonds is 6. The first-order valence-corrected chi connectivity index (χ1v) is 8.13. The molecule has 7 nitrogen and oxygen atoms in total. The fraction of sp³-hybridized carbons (Fsp3) is 0.286. The predicted octanol–water partition coefficient (Wildman–Crippen LogP) is 1.25. The van der Waals surface area contributed by atoms with Crippen molar-refractivity contribution in [3.8, 4) is 0 Å². The Labute approximate surface area is 128 Å². The summed E-state index contributed by atoms with van der Waals surface area (Å²) in [5.74, 6) is -1.09. The van der Waals surface area contributed by atoms with E-state index in [1.54, 1.807) is 0 Å². The highest BCUT2D eigenvalue weighted by Crippen LogP contribution is 2.12. The number of sulfonamides is 1. The van der Waals surface area contributed by atoms with Gasteiger partial charge in [0.1, 0.15) is 0 Å². The maximum absolute atomic E-state index is 12.1. The topological polar surface area (TPSA) is 112 Å². The molecule has 22 heavy (non-hydrogen) atoms. The summed E-state index contributed by atoms with van der Waals surface area (Å²) in [7, 11) is -3.66. The Bertz CT molecular complexity index is 759. The molecule has 0 bridgehead atoms. The van der Waals surface area contributed by atoms with Gasteiger partial charge in [0.05, 0.1) is 16.2 Å². The monoisotopic (exact) mass is 323 g/mol. The molecule has 0 unspecified atom stereocenters. The number of aromatic carboxylic acids is 1. The van der Waals surface area contributed by atoms with Gasteiger partial charge in [0.15, 0.2) is 0 Å². The number of nitrogens with zero attached hydrogens (tertiary/aromatic N) is 1. The number of aromatic amines is 1. The van der Waals surface area contributed by atoms with Crippen molar-refractivity contribution in [2.75, 3.05) is 6.54 Å². The molecule has 118 valence electrons. The Morgan fingerprint density at radius 2 is 1.91 bits per heavy atom. The first kappa shape index (κ1) is 16.2. The summed E-state index contributed by atoms with van der Waals surface area (Å²) < 4.78 is 26.8. The molecule has 1 aromatic carbocycles. The fourth-order valence-corrected chi connectivity index (χ4v) is 3.14. The van der Waals surface area contributed by atoms with E-state index in [9.17, 15) is 13.2 Å². The molecule has 1 heterocycles. The minimum atomic E-state index is -3.66. The summed E-state index contributed by atoms with van der Waals surface area (Å²) in [5, 5.41) is 15.7. The number of nitrogens with one attached hydrogen (secondary N) is 2. The zero-order chi connectivity index (χ0) is 16.3. The zero-order valence-electron chi connectivity index (χ0n) is 12.3. The largest absolute Gasteiger partial charge is 0.478 e. The smallest absolute Gasteiger partial charge is 0.335 e. The quantitative estimate of drug-likeness (QED) is 0.740. The van der Waals surface area contributed by atoms with E-state index in [0.717, 1.165) is 17.0 Å². The fourth-order valence-electron chi connectivity index (χ4n) is 2.11. The summed E-state index contributed by atoms with van der Waals surface area (Å²) in [6, 6.07) is 5.09. The Morgan fingerprint density at radius 1 is 1.27 bits per heavy atom. The third kappa shape index (κ3) is 3.52. The lowest BCUT2D eigenvalue weighted by molar-refractivity contribution is 0.0696. The molecule has 0 amide bonds. The van der Waals surface area contributed by atoms with Crippen molar-refractivity contribution in [3.05, 3.63) is 46.8 Å². The normalized spacial score (nSPS) is 11.5. The molecule has 1 aromatic heterocycles. The summed E-state index contributed by atoms with van der Waals surface area (Å²) in [6.07, 6.45) is 0.528. The molecule has 0 saturated carbocycles. The van der Waals surface area contributed by atoms with Crippen molar-refractivity contribution in [1.82, 2.24) is 14.9 Å². The number of benzene rings is 1. The van der Waals surface area contributed by atoms with Crippen molar-refractivity contribution in [3.63, 3.8) is 0 Å². The summed E-state index contributed by atoms with van der Waals surface area (Å²) in [5.41, 5.74) is 2.80. The molecule has 8 heteroatoms. The Morgan fingerprint density at radius 3 is 2.41 bits per heavy atom. The second-order valence-corrected chi connectivity index (χ2v) is 6.66. The molecule has 2 aromatic rings. The number of aryl methyl sites for hydroxylation is 2. The van der Waals surface area contributed by atoms with Crippen LogP contribution in [-0.2, 0) is 16.4 Å². The number of carbonyl (C=O) groups is 1. The van der Waals surface area contributed by atoms with Crippen LogP contribution < -0.4 is 4.72 Å². The van der Waals surface area contributed by atoms with Crippen LogP contribution in [0.5, 0.6) is 0 Å². The van der Waals surface area contributed by atoms with Crippen LogP contribution in [0.1, 0.15) is 27.3 Å². The van der Waals surface area contributed by atoms with E-state index in [0.29, 0.717) is 6.42 Å². The number of hydrogen-bond donors (Lipinski definition) is 3. The van der Waals surface area contributed by atoms with Gasteiger partial charge in [-0.3, -0.25) is 5.10 Å². The van der Waals surface area contributed by atoms with Crippen molar-refractivity contribution in [2.45, 2.75) is 25.2 Å². The molecule has 3 N–H and O–H groups in total. The van der Waals surface area contributed by atoms with E-state index < -0.39 is 16.0 Å². The van der Waals surface area contributed by atoms with Crippen LogP contribution in [0.4, 0.5) is 0 Å². The molecule has 0 radical (unpaired) electrons. The minimum absolute atomic E-state index is 0.0399. The first-order chi connectivity index (χ1) is 10.3. The van der Waals surface area contributed by atoms with Gasteiger partial charge in [-0.05, 0) is 50.1 Å². The Balaban J connectivity index is 2.03. The standard InChI is InChI=1S/C14H17N3O4S/c1-9-13(10(2)17-16-9)7-8-15-22(20,21)12-5-3-11(4-6-12)14(18)19/h3-6,15H,7-8H2,1-2H3,(H,16,17)(H,18,19). The van der Waals surface area contributed by atoms with Gasteiger partial charge in [-0.25, -0.2) is 17.9 Å².